The van der Waals surface area contributed by atoms with Gasteiger partial charge in [0.15, 0.2) is 4.60 Å². The number of nitrogens with zero attached hydrogens (tertiary/aromatic N) is 4. The molecule has 0 atom stereocenters. The minimum Gasteiger partial charge on any atom is -0.286 e. The molecule has 0 saturated carbocycles. The van der Waals surface area contributed by atoms with Gasteiger partial charge in [0.25, 0.3) is 0 Å². The fourth-order valence-corrected chi connectivity index (χ4v) is 2.09. The summed E-state index contributed by atoms with van der Waals surface area (Å²) in [6, 6.07) is 0. The molecule has 2 heterocycles. The van der Waals surface area contributed by atoms with Crippen LogP contribution in [-0.2, 0) is 7.05 Å². The number of carbonyl (C=O) groups excluding carboxylic acids is 1. The molecule has 0 unspecified atom stereocenters. The van der Waals surface area contributed by atoms with E-state index >= 15 is 0 Å². The van der Waals surface area contributed by atoms with Gasteiger partial charge in [-0.2, -0.15) is 0 Å². The number of halogens is 1. The van der Waals surface area contributed by atoms with E-state index in [1.165, 1.54) is 22.2 Å². The maximum absolute atomic E-state index is 11.8. The van der Waals surface area contributed by atoms with Gasteiger partial charge in [-0.3, -0.25) is 9.78 Å². The van der Waals surface area contributed by atoms with E-state index in [0.29, 0.717) is 15.2 Å². The fourth-order valence-electron chi connectivity index (χ4n) is 1.02. The first-order chi connectivity index (χ1) is 6.70. The molecule has 0 aromatic carbocycles. The van der Waals surface area contributed by atoms with Gasteiger partial charge in [-0.15, -0.1) is 16.4 Å². The third kappa shape index (κ3) is 1.48. The van der Waals surface area contributed by atoms with Crippen LogP contribution in [0.25, 0.3) is 0 Å². The quantitative estimate of drug-likeness (QED) is 0.773. The molecule has 0 radical (unpaired) electrons. The van der Waals surface area contributed by atoms with Crippen LogP contribution in [0.5, 0.6) is 0 Å². The van der Waals surface area contributed by atoms with E-state index < -0.39 is 0 Å². The van der Waals surface area contributed by atoms with Gasteiger partial charge >= 0.3 is 0 Å². The third-order valence-electron chi connectivity index (χ3n) is 1.66. The molecular formula is C7H5BrN4OS. The van der Waals surface area contributed by atoms with Crippen LogP contribution >= 0.6 is 27.3 Å². The van der Waals surface area contributed by atoms with Crippen LogP contribution in [0.3, 0.4) is 0 Å². The molecule has 0 aliphatic heterocycles. The Labute approximate surface area is 91.9 Å². The Morgan fingerprint density at radius 2 is 2.43 bits per heavy atom. The Balaban J connectivity index is 2.46. The van der Waals surface area contributed by atoms with Gasteiger partial charge in [-0.05, 0) is 15.9 Å². The lowest BCUT2D eigenvalue weighted by molar-refractivity contribution is 0.103. The number of ketones is 1. The summed E-state index contributed by atoms with van der Waals surface area (Å²) in [7, 11) is 1.67. The largest absolute Gasteiger partial charge is 0.286 e. The molecule has 2 aromatic rings. The maximum Gasteiger partial charge on any atom is 0.225 e. The average molecular weight is 273 g/mol. The van der Waals surface area contributed by atoms with E-state index in [-0.39, 0.29) is 5.78 Å². The average Bonchev–Trinajstić information content (AvgIpc) is 2.75. The zero-order valence-corrected chi connectivity index (χ0v) is 9.54. The topological polar surface area (TPSA) is 60.7 Å². The zero-order valence-electron chi connectivity index (χ0n) is 7.14. The van der Waals surface area contributed by atoms with Crippen molar-refractivity contribution in [3.8, 4) is 0 Å². The third-order valence-corrected chi connectivity index (χ3v) is 2.96. The SMILES string of the molecule is Cn1nnc(Br)c1C(=O)c1cncs1. The molecule has 2 aromatic heterocycles. The highest BCUT2D eigenvalue weighted by atomic mass is 79.9. The van der Waals surface area contributed by atoms with Gasteiger partial charge in [-0.1, -0.05) is 5.21 Å². The van der Waals surface area contributed by atoms with Crippen molar-refractivity contribution >= 4 is 33.0 Å². The predicted molar refractivity (Wildman–Crippen MR) is 54.2 cm³/mol. The van der Waals surface area contributed by atoms with Gasteiger partial charge < -0.3 is 0 Å². The standard InChI is InChI=1S/C7H5BrN4OS/c1-12-5(7(8)10-11-12)6(13)4-2-9-3-14-4/h2-3H,1H3. The summed E-state index contributed by atoms with van der Waals surface area (Å²) in [5.74, 6) is -0.119. The number of rotatable bonds is 2. The second-order valence-corrected chi connectivity index (χ2v) is 4.18. The summed E-state index contributed by atoms with van der Waals surface area (Å²) < 4.78 is 1.89. The first kappa shape index (κ1) is 9.47. The second kappa shape index (κ2) is 3.58. The molecule has 0 aliphatic carbocycles. The van der Waals surface area contributed by atoms with Crippen LogP contribution in [0, 0.1) is 0 Å². The van der Waals surface area contributed by atoms with E-state index in [1.54, 1.807) is 12.6 Å². The normalized spacial score (nSPS) is 10.4. The van der Waals surface area contributed by atoms with Gasteiger partial charge in [0.05, 0.1) is 10.4 Å². The van der Waals surface area contributed by atoms with Gasteiger partial charge in [0.1, 0.15) is 5.69 Å². The molecule has 0 amide bonds. The molecule has 72 valence electrons. The lowest BCUT2D eigenvalue weighted by Crippen LogP contribution is -2.07. The van der Waals surface area contributed by atoms with E-state index in [9.17, 15) is 4.79 Å². The highest BCUT2D eigenvalue weighted by Crippen LogP contribution is 2.18. The van der Waals surface area contributed by atoms with E-state index in [0.717, 1.165) is 0 Å². The minimum atomic E-state index is -0.119. The summed E-state index contributed by atoms with van der Waals surface area (Å²) in [5, 5.41) is 7.47. The lowest BCUT2D eigenvalue weighted by atomic mass is 10.3. The highest BCUT2D eigenvalue weighted by molar-refractivity contribution is 9.10. The monoisotopic (exact) mass is 272 g/mol. The summed E-state index contributed by atoms with van der Waals surface area (Å²) in [6.45, 7) is 0. The summed E-state index contributed by atoms with van der Waals surface area (Å²) >= 11 is 4.47. The van der Waals surface area contributed by atoms with Gasteiger partial charge in [0, 0.05) is 13.2 Å². The molecule has 0 fully saturated rings. The van der Waals surface area contributed by atoms with Crippen LogP contribution in [0.15, 0.2) is 16.3 Å². The van der Waals surface area contributed by atoms with E-state index in [2.05, 4.69) is 31.2 Å². The highest BCUT2D eigenvalue weighted by Gasteiger charge is 2.19. The van der Waals surface area contributed by atoms with E-state index in [1.807, 2.05) is 0 Å². The van der Waals surface area contributed by atoms with Gasteiger partial charge in [-0.25, -0.2) is 4.68 Å². The van der Waals surface area contributed by atoms with Crippen molar-refractivity contribution < 1.29 is 4.79 Å². The number of hydrogen-bond donors (Lipinski definition) is 0. The Bertz CT molecular complexity index is 444. The number of hydrogen-bond acceptors (Lipinski definition) is 5. The molecule has 0 bridgehead atoms. The van der Waals surface area contributed by atoms with Crippen LogP contribution in [0.2, 0.25) is 0 Å². The van der Waals surface area contributed by atoms with Crippen molar-refractivity contribution in [1.82, 2.24) is 20.0 Å². The molecule has 0 aliphatic rings. The number of aryl methyl sites for hydroxylation is 1. The summed E-state index contributed by atoms with van der Waals surface area (Å²) in [4.78, 5) is 16.3. The molecule has 7 heteroatoms. The summed E-state index contributed by atoms with van der Waals surface area (Å²) in [6.07, 6.45) is 1.53. The Morgan fingerprint density at radius 1 is 1.64 bits per heavy atom. The van der Waals surface area contributed by atoms with Crippen molar-refractivity contribution in [2.24, 2.45) is 7.05 Å². The molecule has 2 rings (SSSR count). The first-order valence-electron chi connectivity index (χ1n) is 3.68. The molecule has 0 spiro atoms. The smallest absolute Gasteiger partial charge is 0.225 e. The Morgan fingerprint density at radius 3 is 2.93 bits per heavy atom. The first-order valence-corrected chi connectivity index (χ1v) is 5.36. The predicted octanol–water partition coefficient (Wildman–Crippen LogP) is 1.27. The molecule has 0 saturated heterocycles. The number of carbonyl (C=O) groups is 1. The Kier molecular flexibility index (Phi) is 2.42. The van der Waals surface area contributed by atoms with Crippen LogP contribution in [-0.4, -0.2) is 25.8 Å². The van der Waals surface area contributed by atoms with Crippen LogP contribution < -0.4 is 0 Å². The maximum atomic E-state index is 11.8. The zero-order chi connectivity index (χ0) is 10.1. The number of thiazole rings is 1. The summed E-state index contributed by atoms with van der Waals surface area (Å²) in [5.41, 5.74) is 2.06. The van der Waals surface area contributed by atoms with Crippen molar-refractivity contribution in [1.29, 1.82) is 0 Å². The van der Waals surface area contributed by atoms with Crippen LogP contribution in [0.1, 0.15) is 15.4 Å². The molecule has 0 N–H and O–H groups in total. The fraction of sp³-hybridized carbons (Fsp3) is 0.143. The molecule has 14 heavy (non-hydrogen) atoms. The van der Waals surface area contributed by atoms with Crippen molar-refractivity contribution in [3.05, 3.63) is 26.9 Å². The van der Waals surface area contributed by atoms with Crippen molar-refractivity contribution in [2.45, 2.75) is 0 Å². The van der Waals surface area contributed by atoms with Crippen LogP contribution in [0.4, 0.5) is 0 Å². The van der Waals surface area contributed by atoms with Crippen molar-refractivity contribution in [3.63, 3.8) is 0 Å². The molecule has 5 nitrogen and oxygen atoms in total. The minimum absolute atomic E-state index is 0.119. The Hall–Kier alpha value is -1.08. The van der Waals surface area contributed by atoms with E-state index in [4.69, 9.17) is 0 Å². The second-order valence-electron chi connectivity index (χ2n) is 2.55. The molecular weight excluding hydrogens is 268 g/mol. The number of aromatic nitrogens is 4. The van der Waals surface area contributed by atoms with Gasteiger partial charge in [0.2, 0.25) is 5.78 Å². The van der Waals surface area contributed by atoms with Crippen molar-refractivity contribution in [2.75, 3.05) is 0 Å². The lowest BCUT2D eigenvalue weighted by Gasteiger charge is -1.96.